The van der Waals surface area contributed by atoms with Gasteiger partial charge in [0.2, 0.25) is 0 Å². The topological polar surface area (TPSA) is 65.9 Å². The van der Waals surface area contributed by atoms with Gasteiger partial charge in [-0.2, -0.15) is 5.26 Å². The van der Waals surface area contributed by atoms with Crippen LogP contribution in [0, 0.1) is 11.3 Å². The smallest absolute Gasteiger partial charge is 0.165 e. The van der Waals surface area contributed by atoms with E-state index in [1.807, 2.05) is 42.3 Å². The van der Waals surface area contributed by atoms with Gasteiger partial charge in [-0.05, 0) is 36.8 Å². The Hall–Kier alpha value is -2.25. The number of hydrogen-bond acceptors (Lipinski definition) is 4. The lowest BCUT2D eigenvalue weighted by Gasteiger charge is -2.26. The molecule has 0 saturated carbocycles. The Kier molecular flexibility index (Phi) is 4.11. The first kappa shape index (κ1) is 14.2. The van der Waals surface area contributed by atoms with Gasteiger partial charge in [-0.15, -0.1) is 0 Å². The number of halogens is 1. The molecule has 1 aromatic heterocycles. The van der Waals surface area contributed by atoms with Crippen LogP contribution >= 0.6 is 11.6 Å². The Balaban J connectivity index is 2.31. The molecule has 0 aliphatic carbocycles. The minimum Gasteiger partial charge on any atom is -0.396 e. The molecule has 2 N–H and O–H groups in total. The van der Waals surface area contributed by atoms with E-state index >= 15 is 0 Å². The number of nitrogens with zero attached hydrogens (tertiary/aromatic N) is 3. The fourth-order valence-corrected chi connectivity index (χ4v) is 2.13. The zero-order chi connectivity index (χ0) is 14.7. The van der Waals surface area contributed by atoms with E-state index in [2.05, 4.69) is 11.9 Å². The normalized spacial score (nSPS) is 11.7. The van der Waals surface area contributed by atoms with Gasteiger partial charge in [-0.25, -0.2) is 4.98 Å². The maximum atomic E-state index is 8.99. The van der Waals surface area contributed by atoms with E-state index in [4.69, 9.17) is 22.6 Å². The third-order valence-corrected chi connectivity index (χ3v) is 3.53. The number of aromatic nitrogens is 1. The summed E-state index contributed by atoms with van der Waals surface area (Å²) in [6, 6.07) is 13.3. The summed E-state index contributed by atoms with van der Waals surface area (Å²) in [6.07, 6.45) is 0. The fourth-order valence-electron chi connectivity index (χ4n) is 1.93. The zero-order valence-electron chi connectivity index (χ0n) is 11.3. The number of nitriles is 1. The molecule has 0 amide bonds. The van der Waals surface area contributed by atoms with Crippen LogP contribution in [-0.4, -0.2) is 12.0 Å². The van der Waals surface area contributed by atoms with E-state index in [0.717, 1.165) is 5.56 Å². The standard InChI is InChI=1S/C15H15ClN4/c1-10(11-4-3-5-12(16)8-11)20(2)15-7-6-13(18)14(9-17)19-15/h3-8,10H,18H2,1-2H3. The van der Waals surface area contributed by atoms with Gasteiger partial charge < -0.3 is 10.6 Å². The summed E-state index contributed by atoms with van der Waals surface area (Å²) in [4.78, 5) is 6.24. The SMILES string of the molecule is CC(c1cccc(Cl)c1)N(C)c1ccc(N)c(C#N)n1. The summed E-state index contributed by atoms with van der Waals surface area (Å²) in [5.41, 5.74) is 7.40. The van der Waals surface area contributed by atoms with Gasteiger partial charge in [0, 0.05) is 12.1 Å². The highest BCUT2D eigenvalue weighted by Gasteiger charge is 2.15. The molecule has 1 aromatic carbocycles. The summed E-state index contributed by atoms with van der Waals surface area (Å²) in [5.74, 6) is 0.697. The van der Waals surface area contributed by atoms with E-state index in [1.54, 1.807) is 12.1 Å². The summed E-state index contributed by atoms with van der Waals surface area (Å²) >= 11 is 6.01. The van der Waals surface area contributed by atoms with Crippen LogP contribution in [0.2, 0.25) is 5.02 Å². The van der Waals surface area contributed by atoms with Crippen molar-refractivity contribution in [2.24, 2.45) is 0 Å². The largest absolute Gasteiger partial charge is 0.396 e. The molecule has 0 aliphatic rings. The first-order valence-corrected chi connectivity index (χ1v) is 6.55. The minimum atomic E-state index is 0.0800. The molecular weight excluding hydrogens is 272 g/mol. The van der Waals surface area contributed by atoms with Crippen LogP contribution < -0.4 is 10.6 Å². The van der Waals surface area contributed by atoms with Gasteiger partial charge in [0.05, 0.1) is 11.7 Å². The van der Waals surface area contributed by atoms with E-state index in [1.165, 1.54) is 0 Å². The molecule has 102 valence electrons. The lowest BCUT2D eigenvalue weighted by atomic mass is 10.1. The Morgan fingerprint density at radius 2 is 2.10 bits per heavy atom. The molecule has 0 radical (unpaired) electrons. The van der Waals surface area contributed by atoms with Crippen molar-refractivity contribution in [3.8, 4) is 6.07 Å². The Bertz CT molecular complexity index is 663. The van der Waals surface area contributed by atoms with Gasteiger partial charge in [0.15, 0.2) is 5.69 Å². The van der Waals surface area contributed by atoms with Crippen LogP contribution in [-0.2, 0) is 0 Å². The molecule has 0 saturated heterocycles. The fraction of sp³-hybridized carbons (Fsp3) is 0.200. The molecule has 1 atom stereocenters. The molecule has 1 unspecified atom stereocenters. The van der Waals surface area contributed by atoms with Crippen molar-refractivity contribution < 1.29 is 0 Å². The highest BCUT2D eigenvalue weighted by Crippen LogP contribution is 2.26. The Labute approximate surface area is 123 Å². The first-order valence-electron chi connectivity index (χ1n) is 6.18. The molecule has 0 aliphatic heterocycles. The summed E-state index contributed by atoms with van der Waals surface area (Å²) in [7, 11) is 1.92. The molecule has 5 heteroatoms. The lowest BCUT2D eigenvalue weighted by molar-refractivity contribution is 0.728. The van der Waals surface area contributed by atoms with Crippen LogP contribution in [0.5, 0.6) is 0 Å². The third kappa shape index (κ3) is 2.84. The average Bonchev–Trinajstić information content (AvgIpc) is 2.46. The van der Waals surface area contributed by atoms with Gasteiger partial charge in [-0.1, -0.05) is 23.7 Å². The lowest BCUT2D eigenvalue weighted by Crippen LogP contribution is -2.23. The van der Waals surface area contributed by atoms with E-state index in [9.17, 15) is 0 Å². The minimum absolute atomic E-state index is 0.0800. The van der Waals surface area contributed by atoms with Crippen molar-refractivity contribution in [2.45, 2.75) is 13.0 Å². The predicted octanol–water partition coefficient (Wildman–Crippen LogP) is 3.39. The number of benzene rings is 1. The van der Waals surface area contributed by atoms with Gasteiger partial charge in [-0.3, -0.25) is 0 Å². The van der Waals surface area contributed by atoms with Crippen LogP contribution in [0.15, 0.2) is 36.4 Å². The van der Waals surface area contributed by atoms with Crippen LogP contribution in [0.4, 0.5) is 11.5 Å². The van der Waals surface area contributed by atoms with E-state index in [-0.39, 0.29) is 11.7 Å². The second-order valence-electron chi connectivity index (χ2n) is 4.56. The number of rotatable bonds is 3. The van der Waals surface area contributed by atoms with Crippen molar-refractivity contribution >= 4 is 23.1 Å². The van der Waals surface area contributed by atoms with Crippen LogP contribution in [0.25, 0.3) is 0 Å². The number of nitrogen functional groups attached to an aromatic ring is 1. The van der Waals surface area contributed by atoms with Crippen LogP contribution in [0.1, 0.15) is 24.2 Å². The maximum Gasteiger partial charge on any atom is 0.165 e. The van der Waals surface area contributed by atoms with Crippen molar-refractivity contribution in [1.82, 2.24) is 4.98 Å². The molecule has 0 bridgehead atoms. The average molecular weight is 287 g/mol. The number of anilines is 2. The molecule has 20 heavy (non-hydrogen) atoms. The summed E-state index contributed by atoms with van der Waals surface area (Å²) < 4.78 is 0. The highest BCUT2D eigenvalue weighted by molar-refractivity contribution is 6.30. The molecule has 2 rings (SSSR count). The molecule has 4 nitrogen and oxygen atoms in total. The second kappa shape index (κ2) is 5.81. The quantitative estimate of drug-likeness (QED) is 0.939. The van der Waals surface area contributed by atoms with Crippen molar-refractivity contribution in [3.05, 3.63) is 52.7 Å². The first-order chi connectivity index (χ1) is 9.52. The molecule has 2 aromatic rings. The number of pyridine rings is 1. The van der Waals surface area contributed by atoms with Crippen molar-refractivity contribution in [3.63, 3.8) is 0 Å². The second-order valence-corrected chi connectivity index (χ2v) is 5.00. The highest BCUT2D eigenvalue weighted by atomic mass is 35.5. The Morgan fingerprint density at radius 3 is 2.75 bits per heavy atom. The van der Waals surface area contributed by atoms with Gasteiger partial charge in [0.25, 0.3) is 0 Å². The van der Waals surface area contributed by atoms with E-state index < -0.39 is 0 Å². The van der Waals surface area contributed by atoms with E-state index in [0.29, 0.717) is 16.5 Å². The molecule has 0 fully saturated rings. The summed E-state index contributed by atoms with van der Waals surface area (Å²) in [6.45, 7) is 2.05. The predicted molar refractivity (Wildman–Crippen MR) is 81.6 cm³/mol. The zero-order valence-corrected chi connectivity index (χ0v) is 12.1. The van der Waals surface area contributed by atoms with Gasteiger partial charge >= 0.3 is 0 Å². The molecular formula is C15H15ClN4. The third-order valence-electron chi connectivity index (χ3n) is 3.29. The molecule has 0 spiro atoms. The number of nitrogens with two attached hydrogens (primary N) is 1. The van der Waals surface area contributed by atoms with Crippen molar-refractivity contribution in [1.29, 1.82) is 5.26 Å². The summed E-state index contributed by atoms with van der Waals surface area (Å²) in [5, 5.41) is 9.69. The number of hydrogen-bond donors (Lipinski definition) is 1. The molecule has 1 heterocycles. The van der Waals surface area contributed by atoms with Gasteiger partial charge in [0.1, 0.15) is 11.9 Å². The monoisotopic (exact) mass is 286 g/mol. The van der Waals surface area contributed by atoms with Crippen molar-refractivity contribution in [2.75, 3.05) is 17.7 Å². The Morgan fingerprint density at radius 1 is 1.35 bits per heavy atom. The van der Waals surface area contributed by atoms with Crippen LogP contribution in [0.3, 0.4) is 0 Å². The maximum absolute atomic E-state index is 8.99.